The quantitative estimate of drug-likeness (QED) is 0.577. The summed E-state index contributed by atoms with van der Waals surface area (Å²) in [5.41, 5.74) is 3.93. The van der Waals surface area contributed by atoms with Crippen LogP contribution in [0.2, 0.25) is 0 Å². The van der Waals surface area contributed by atoms with E-state index in [1.807, 2.05) is 66.7 Å². The molecule has 0 spiro atoms. The van der Waals surface area contributed by atoms with Gasteiger partial charge in [-0.1, -0.05) is 48.5 Å². The van der Waals surface area contributed by atoms with Gasteiger partial charge in [0, 0.05) is 11.8 Å². The molecule has 0 radical (unpaired) electrons. The summed E-state index contributed by atoms with van der Waals surface area (Å²) >= 11 is 0. The van der Waals surface area contributed by atoms with Gasteiger partial charge in [0.15, 0.2) is 11.5 Å². The predicted octanol–water partition coefficient (Wildman–Crippen LogP) is 5.23. The van der Waals surface area contributed by atoms with Gasteiger partial charge >= 0.3 is 0 Å². The van der Waals surface area contributed by atoms with E-state index in [2.05, 4.69) is 18.3 Å². The van der Waals surface area contributed by atoms with Gasteiger partial charge in [0.1, 0.15) is 6.61 Å². The Bertz CT molecular complexity index is 965. The number of hydrogen-bond acceptors (Lipinski definition) is 3. The second kappa shape index (κ2) is 9.42. The van der Waals surface area contributed by atoms with Crippen molar-refractivity contribution < 1.29 is 14.3 Å². The molecule has 0 aliphatic heterocycles. The molecule has 0 fully saturated rings. The molecule has 0 saturated heterocycles. The second-order valence-corrected chi connectivity index (χ2v) is 6.31. The van der Waals surface area contributed by atoms with Gasteiger partial charge in [-0.25, -0.2) is 0 Å². The first kappa shape index (κ1) is 19.2. The minimum absolute atomic E-state index is 0.190. The van der Waals surface area contributed by atoms with Gasteiger partial charge in [0.05, 0.1) is 7.11 Å². The van der Waals surface area contributed by atoms with E-state index in [1.54, 1.807) is 13.2 Å². The second-order valence-electron chi connectivity index (χ2n) is 6.31. The highest BCUT2D eigenvalue weighted by Gasteiger charge is 2.07. The molecule has 1 N–H and O–H groups in total. The van der Waals surface area contributed by atoms with Crippen LogP contribution in [-0.2, 0) is 11.4 Å². The van der Waals surface area contributed by atoms with Crippen LogP contribution in [0, 0.1) is 6.92 Å². The zero-order valence-electron chi connectivity index (χ0n) is 16.0. The summed E-state index contributed by atoms with van der Waals surface area (Å²) in [5, 5.41) is 2.81. The van der Waals surface area contributed by atoms with E-state index >= 15 is 0 Å². The highest BCUT2D eigenvalue weighted by molar-refractivity contribution is 6.01. The van der Waals surface area contributed by atoms with E-state index in [0.29, 0.717) is 18.1 Å². The third kappa shape index (κ3) is 5.24. The first-order valence-electron chi connectivity index (χ1n) is 9.05. The lowest BCUT2D eigenvalue weighted by molar-refractivity contribution is -0.111. The largest absolute Gasteiger partial charge is 0.493 e. The number of methoxy groups -OCH3 is 1. The summed E-state index contributed by atoms with van der Waals surface area (Å²) in [6.07, 6.45) is 3.24. The molecule has 0 aliphatic carbocycles. The molecule has 0 atom stereocenters. The van der Waals surface area contributed by atoms with Crippen molar-refractivity contribution in [3.05, 3.63) is 95.6 Å². The summed E-state index contributed by atoms with van der Waals surface area (Å²) in [6.45, 7) is 2.53. The van der Waals surface area contributed by atoms with Crippen molar-refractivity contribution in [3.8, 4) is 11.5 Å². The third-order valence-electron chi connectivity index (χ3n) is 4.30. The number of carbonyl (C=O) groups excluding carboxylic acids is 1. The fourth-order valence-corrected chi connectivity index (χ4v) is 2.71. The standard InChI is InChI=1S/C24H23NO3/c1-18-8-6-7-9-20(18)17-28-22-14-12-19(16-23(22)27-2)13-15-24(26)25-21-10-4-3-5-11-21/h3-16H,17H2,1-2H3,(H,25,26)/b15-13+. The Morgan fingerprint density at radius 3 is 2.46 bits per heavy atom. The molecular formula is C24H23NO3. The van der Waals surface area contributed by atoms with Crippen LogP contribution in [0.3, 0.4) is 0 Å². The van der Waals surface area contributed by atoms with Crippen molar-refractivity contribution in [1.29, 1.82) is 0 Å². The van der Waals surface area contributed by atoms with Crippen LogP contribution < -0.4 is 14.8 Å². The summed E-state index contributed by atoms with van der Waals surface area (Å²) in [7, 11) is 1.60. The van der Waals surface area contributed by atoms with Crippen molar-refractivity contribution in [2.75, 3.05) is 12.4 Å². The van der Waals surface area contributed by atoms with Gasteiger partial charge in [-0.15, -0.1) is 0 Å². The molecule has 0 heterocycles. The van der Waals surface area contributed by atoms with Crippen molar-refractivity contribution >= 4 is 17.7 Å². The average molecular weight is 373 g/mol. The lowest BCUT2D eigenvalue weighted by Gasteiger charge is -2.12. The minimum atomic E-state index is -0.190. The maximum atomic E-state index is 12.0. The lowest BCUT2D eigenvalue weighted by Crippen LogP contribution is -2.07. The zero-order chi connectivity index (χ0) is 19.8. The highest BCUT2D eigenvalue weighted by atomic mass is 16.5. The van der Waals surface area contributed by atoms with E-state index in [4.69, 9.17) is 9.47 Å². The number of anilines is 1. The Morgan fingerprint density at radius 1 is 0.964 bits per heavy atom. The van der Waals surface area contributed by atoms with Crippen LogP contribution in [0.5, 0.6) is 11.5 Å². The highest BCUT2D eigenvalue weighted by Crippen LogP contribution is 2.29. The number of nitrogens with one attached hydrogen (secondary N) is 1. The predicted molar refractivity (Wildman–Crippen MR) is 113 cm³/mol. The summed E-state index contributed by atoms with van der Waals surface area (Å²) in [6, 6.07) is 23.0. The van der Waals surface area contributed by atoms with Gasteiger partial charge in [-0.05, 0) is 54.0 Å². The van der Waals surface area contributed by atoms with Gasteiger partial charge in [-0.3, -0.25) is 4.79 Å². The fraction of sp³-hybridized carbons (Fsp3) is 0.125. The van der Waals surface area contributed by atoms with Crippen molar-refractivity contribution in [1.82, 2.24) is 0 Å². The molecule has 142 valence electrons. The third-order valence-corrected chi connectivity index (χ3v) is 4.30. The van der Waals surface area contributed by atoms with Gasteiger partial charge in [0.25, 0.3) is 0 Å². The number of rotatable bonds is 7. The van der Waals surface area contributed by atoms with Crippen LogP contribution >= 0.6 is 0 Å². The number of aryl methyl sites for hydroxylation is 1. The van der Waals surface area contributed by atoms with Crippen LogP contribution in [0.4, 0.5) is 5.69 Å². The number of para-hydroxylation sites is 1. The molecule has 3 aromatic rings. The summed E-state index contributed by atoms with van der Waals surface area (Å²) in [4.78, 5) is 12.0. The summed E-state index contributed by atoms with van der Waals surface area (Å²) in [5.74, 6) is 1.10. The van der Waals surface area contributed by atoms with Gasteiger partial charge in [0.2, 0.25) is 5.91 Å². The number of ether oxygens (including phenoxy) is 2. The van der Waals surface area contributed by atoms with Crippen LogP contribution in [0.25, 0.3) is 6.08 Å². The van der Waals surface area contributed by atoms with Crippen LogP contribution in [0.15, 0.2) is 78.9 Å². The molecule has 1 amide bonds. The Hall–Kier alpha value is -3.53. The van der Waals surface area contributed by atoms with Gasteiger partial charge < -0.3 is 14.8 Å². The molecular weight excluding hydrogens is 350 g/mol. The van der Waals surface area contributed by atoms with E-state index in [9.17, 15) is 4.79 Å². The fourth-order valence-electron chi connectivity index (χ4n) is 2.71. The van der Waals surface area contributed by atoms with Crippen molar-refractivity contribution in [2.24, 2.45) is 0 Å². The molecule has 4 nitrogen and oxygen atoms in total. The lowest BCUT2D eigenvalue weighted by atomic mass is 10.1. The maximum absolute atomic E-state index is 12.0. The first-order valence-corrected chi connectivity index (χ1v) is 9.05. The van der Waals surface area contributed by atoms with Gasteiger partial charge in [-0.2, -0.15) is 0 Å². The molecule has 28 heavy (non-hydrogen) atoms. The Kier molecular flexibility index (Phi) is 6.47. The Labute approximate surface area is 165 Å². The van der Waals surface area contributed by atoms with Crippen LogP contribution in [0.1, 0.15) is 16.7 Å². The smallest absolute Gasteiger partial charge is 0.248 e. The molecule has 0 saturated carbocycles. The van der Waals surface area contributed by atoms with E-state index in [0.717, 1.165) is 16.8 Å². The van der Waals surface area contributed by atoms with Crippen LogP contribution in [-0.4, -0.2) is 13.0 Å². The zero-order valence-corrected chi connectivity index (χ0v) is 16.0. The topological polar surface area (TPSA) is 47.6 Å². The van der Waals surface area contributed by atoms with E-state index < -0.39 is 0 Å². The normalized spacial score (nSPS) is 10.6. The molecule has 4 heteroatoms. The molecule has 3 aromatic carbocycles. The van der Waals surface area contributed by atoms with Crippen molar-refractivity contribution in [2.45, 2.75) is 13.5 Å². The molecule has 0 aromatic heterocycles. The maximum Gasteiger partial charge on any atom is 0.248 e. The Morgan fingerprint density at radius 2 is 1.71 bits per heavy atom. The van der Waals surface area contributed by atoms with E-state index in [-0.39, 0.29) is 5.91 Å². The number of amides is 1. The number of hydrogen-bond donors (Lipinski definition) is 1. The molecule has 0 aliphatic rings. The number of benzene rings is 3. The Balaban J connectivity index is 1.65. The average Bonchev–Trinajstić information content (AvgIpc) is 2.72. The molecule has 3 rings (SSSR count). The first-order chi connectivity index (χ1) is 13.7. The van der Waals surface area contributed by atoms with E-state index in [1.165, 1.54) is 11.6 Å². The summed E-state index contributed by atoms with van der Waals surface area (Å²) < 4.78 is 11.4. The minimum Gasteiger partial charge on any atom is -0.493 e. The number of carbonyl (C=O) groups is 1. The SMILES string of the molecule is COc1cc(/C=C/C(=O)Nc2ccccc2)ccc1OCc1ccccc1C. The molecule has 0 unspecified atom stereocenters. The van der Waals surface area contributed by atoms with Crippen molar-refractivity contribution in [3.63, 3.8) is 0 Å². The molecule has 0 bridgehead atoms. The monoisotopic (exact) mass is 373 g/mol.